The lowest BCUT2D eigenvalue weighted by Gasteiger charge is -2.23. The summed E-state index contributed by atoms with van der Waals surface area (Å²) in [5.41, 5.74) is 0.843. The van der Waals surface area contributed by atoms with E-state index in [1.807, 2.05) is 6.07 Å². The van der Waals surface area contributed by atoms with Gasteiger partial charge in [0.15, 0.2) is 6.61 Å². The van der Waals surface area contributed by atoms with Crippen LogP contribution in [0.1, 0.15) is 24.0 Å². The Hall–Kier alpha value is -2.58. The summed E-state index contributed by atoms with van der Waals surface area (Å²) >= 11 is 6.07. The van der Waals surface area contributed by atoms with Crippen LogP contribution in [0.5, 0.6) is 5.75 Å². The van der Waals surface area contributed by atoms with Gasteiger partial charge < -0.3 is 9.64 Å². The van der Waals surface area contributed by atoms with Crippen LogP contribution >= 0.6 is 11.6 Å². The molecule has 1 aliphatic rings. The third kappa shape index (κ3) is 4.28. The molecule has 4 nitrogen and oxygen atoms in total. The van der Waals surface area contributed by atoms with Crippen molar-refractivity contribution in [3.05, 3.63) is 64.4 Å². The molecule has 3 rings (SSSR count). The second-order valence-electron chi connectivity index (χ2n) is 5.88. The summed E-state index contributed by atoms with van der Waals surface area (Å²) in [5.74, 6) is -0.128. The van der Waals surface area contributed by atoms with Gasteiger partial charge in [-0.15, -0.1) is 0 Å². The topological polar surface area (TPSA) is 53.3 Å². The maximum absolute atomic E-state index is 14.0. The molecule has 0 N–H and O–H groups in total. The standard InChI is InChI=1S/C19H16ClFN2O2/c20-17-2-1-3-18(21)16(17)11-23(14-6-7-14)19(24)12-25-15-8-4-13(10-22)5-9-15/h1-5,8-9,14H,6-7,11-12H2. The van der Waals surface area contributed by atoms with Gasteiger partial charge in [0.05, 0.1) is 18.2 Å². The Balaban J connectivity index is 1.66. The minimum atomic E-state index is -0.418. The van der Waals surface area contributed by atoms with Crippen LogP contribution in [-0.4, -0.2) is 23.5 Å². The molecule has 0 unspecified atom stereocenters. The lowest BCUT2D eigenvalue weighted by molar-refractivity contribution is -0.134. The number of benzene rings is 2. The molecular formula is C19H16ClFN2O2. The molecule has 0 radical (unpaired) electrons. The third-order valence-electron chi connectivity index (χ3n) is 4.04. The summed E-state index contributed by atoms with van der Waals surface area (Å²) in [4.78, 5) is 14.2. The van der Waals surface area contributed by atoms with E-state index in [4.69, 9.17) is 21.6 Å². The minimum Gasteiger partial charge on any atom is -0.484 e. The number of carbonyl (C=O) groups excluding carboxylic acids is 1. The van der Waals surface area contributed by atoms with Gasteiger partial charge >= 0.3 is 0 Å². The van der Waals surface area contributed by atoms with Crippen LogP contribution in [0, 0.1) is 17.1 Å². The Bertz CT molecular complexity index is 793. The Labute approximate surface area is 150 Å². The first-order valence-corrected chi connectivity index (χ1v) is 8.31. The molecule has 0 bridgehead atoms. The van der Waals surface area contributed by atoms with Crippen LogP contribution in [-0.2, 0) is 11.3 Å². The monoisotopic (exact) mass is 358 g/mol. The fourth-order valence-corrected chi connectivity index (χ4v) is 2.74. The minimum absolute atomic E-state index is 0.104. The van der Waals surface area contributed by atoms with E-state index in [1.54, 1.807) is 41.3 Å². The van der Waals surface area contributed by atoms with Crippen LogP contribution in [0.25, 0.3) is 0 Å². The summed E-state index contributed by atoms with van der Waals surface area (Å²) in [5, 5.41) is 9.09. The molecule has 1 fully saturated rings. The molecule has 0 aromatic heterocycles. The van der Waals surface area contributed by atoms with Gasteiger partial charge in [0, 0.05) is 16.6 Å². The average Bonchev–Trinajstić information content (AvgIpc) is 3.45. The van der Waals surface area contributed by atoms with E-state index in [1.165, 1.54) is 6.07 Å². The van der Waals surface area contributed by atoms with Gasteiger partial charge in [-0.3, -0.25) is 4.79 Å². The van der Waals surface area contributed by atoms with E-state index in [0.29, 0.717) is 21.9 Å². The van der Waals surface area contributed by atoms with Crippen LogP contribution < -0.4 is 4.74 Å². The first-order chi connectivity index (χ1) is 12.1. The highest BCUT2D eigenvalue weighted by atomic mass is 35.5. The number of hydrogen-bond donors (Lipinski definition) is 0. The zero-order valence-electron chi connectivity index (χ0n) is 13.4. The first kappa shape index (κ1) is 17.2. The predicted molar refractivity (Wildman–Crippen MR) is 91.6 cm³/mol. The van der Waals surface area contributed by atoms with E-state index in [2.05, 4.69) is 0 Å². The number of carbonyl (C=O) groups is 1. The van der Waals surface area contributed by atoms with Gasteiger partial charge in [-0.1, -0.05) is 17.7 Å². The fraction of sp³-hybridized carbons (Fsp3) is 0.263. The van der Waals surface area contributed by atoms with Crippen LogP contribution in [0.3, 0.4) is 0 Å². The van der Waals surface area contributed by atoms with Crippen molar-refractivity contribution in [2.24, 2.45) is 0 Å². The van der Waals surface area contributed by atoms with E-state index in [0.717, 1.165) is 12.8 Å². The molecule has 1 saturated carbocycles. The Morgan fingerprint density at radius 3 is 2.60 bits per heavy atom. The van der Waals surface area contributed by atoms with Gasteiger partial charge in [0.2, 0.25) is 0 Å². The maximum atomic E-state index is 14.0. The summed E-state index contributed by atoms with van der Waals surface area (Å²) < 4.78 is 19.5. The Kier molecular flexibility index (Phi) is 5.20. The van der Waals surface area contributed by atoms with Crippen molar-refractivity contribution >= 4 is 17.5 Å². The number of rotatable bonds is 6. The lowest BCUT2D eigenvalue weighted by atomic mass is 10.2. The van der Waals surface area contributed by atoms with Crippen molar-refractivity contribution in [2.75, 3.05) is 6.61 Å². The number of hydrogen-bond acceptors (Lipinski definition) is 3. The summed E-state index contributed by atoms with van der Waals surface area (Å²) in [6.45, 7) is -0.0137. The molecule has 128 valence electrons. The molecule has 0 aliphatic heterocycles. The highest BCUT2D eigenvalue weighted by Crippen LogP contribution is 2.31. The van der Waals surface area contributed by atoms with Gasteiger partial charge in [-0.05, 0) is 49.2 Å². The number of halogens is 2. The van der Waals surface area contributed by atoms with Crippen molar-refractivity contribution in [1.82, 2.24) is 4.90 Å². The largest absolute Gasteiger partial charge is 0.484 e. The zero-order valence-corrected chi connectivity index (χ0v) is 14.2. The quantitative estimate of drug-likeness (QED) is 0.786. The molecule has 0 heterocycles. The van der Waals surface area contributed by atoms with Gasteiger partial charge in [0.1, 0.15) is 11.6 Å². The zero-order chi connectivity index (χ0) is 17.8. The Morgan fingerprint density at radius 2 is 2.00 bits per heavy atom. The molecule has 6 heteroatoms. The van der Waals surface area contributed by atoms with E-state index >= 15 is 0 Å². The molecule has 2 aromatic rings. The van der Waals surface area contributed by atoms with E-state index in [-0.39, 0.29) is 25.1 Å². The van der Waals surface area contributed by atoms with Crippen molar-refractivity contribution in [2.45, 2.75) is 25.4 Å². The van der Waals surface area contributed by atoms with Crippen molar-refractivity contribution < 1.29 is 13.9 Å². The van der Waals surface area contributed by atoms with Crippen LogP contribution in [0.4, 0.5) is 4.39 Å². The second kappa shape index (κ2) is 7.54. The molecule has 25 heavy (non-hydrogen) atoms. The first-order valence-electron chi connectivity index (χ1n) is 7.94. The van der Waals surface area contributed by atoms with Crippen molar-refractivity contribution in [3.8, 4) is 11.8 Å². The van der Waals surface area contributed by atoms with Gasteiger partial charge in [-0.2, -0.15) is 5.26 Å². The molecule has 1 aliphatic carbocycles. The Morgan fingerprint density at radius 1 is 1.28 bits per heavy atom. The molecule has 0 spiro atoms. The van der Waals surface area contributed by atoms with Crippen molar-refractivity contribution in [1.29, 1.82) is 5.26 Å². The van der Waals surface area contributed by atoms with E-state index in [9.17, 15) is 9.18 Å². The highest BCUT2D eigenvalue weighted by molar-refractivity contribution is 6.31. The molecular weight excluding hydrogens is 343 g/mol. The number of ether oxygens (including phenoxy) is 1. The molecule has 0 saturated heterocycles. The summed E-state index contributed by atoms with van der Waals surface area (Å²) in [7, 11) is 0. The normalized spacial score (nSPS) is 13.2. The summed E-state index contributed by atoms with van der Waals surface area (Å²) in [6, 6.07) is 13.1. The summed E-state index contributed by atoms with van der Waals surface area (Å²) in [6.07, 6.45) is 1.79. The highest BCUT2D eigenvalue weighted by Gasteiger charge is 2.33. The van der Waals surface area contributed by atoms with E-state index < -0.39 is 5.82 Å². The fourth-order valence-electron chi connectivity index (χ4n) is 2.51. The van der Waals surface area contributed by atoms with Gasteiger partial charge in [0.25, 0.3) is 5.91 Å². The molecule has 1 amide bonds. The molecule has 2 aromatic carbocycles. The van der Waals surface area contributed by atoms with Crippen molar-refractivity contribution in [3.63, 3.8) is 0 Å². The number of nitriles is 1. The van der Waals surface area contributed by atoms with Gasteiger partial charge in [-0.25, -0.2) is 4.39 Å². The SMILES string of the molecule is N#Cc1ccc(OCC(=O)N(Cc2c(F)cccc2Cl)C2CC2)cc1. The smallest absolute Gasteiger partial charge is 0.261 e. The lowest BCUT2D eigenvalue weighted by Crippen LogP contribution is -2.36. The average molecular weight is 359 g/mol. The maximum Gasteiger partial charge on any atom is 0.261 e. The second-order valence-corrected chi connectivity index (χ2v) is 6.29. The number of amides is 1. The van der Waals surface area contributed by atoms with Crippen LogP contribution in [0.2, 0.25) is 5.02 Å². The molecule has 0 atom stereocenters. The number of nitrogens with zero attached hydrogens (tertiary/aromatic N) is 2. The predicted octanol–water partition coefficient (Wildman–Crippen LogP) is 3.92. The van der Waals surface area contributed by atoms with Crippen LogP contribution in [0.15, 0.2) is 42.5 Å². The third-order valence-corrected chi connectivity index (χ3v) is 4.40.